The molecule has 0 saturated carbocycles. The van der Waals surface area contributed by atoms with E-state index in [0.717, 1.165) is 11.3 Å². The summed E-state index contributed by atoms with van der Waals surface area (Å²) >= 11 is 0. The Labute approximate surface area is 145 Å². The van der Waals surface area contributed by atoms with Crippen molar-refractivity contribution in [2.75, 3.05) is 13.1 Å². The first kappa shape index (κ1) is 17.3. The zero-order valence-corrected chi connectivity index (χ0v) is 13.9. The number of carbonyl (C=O) groups is 1. The molecule has 3 rings (SSSR count). The quantitative estimate of drug-likeness (QED) is 0.882. The summed E-state index contributed by atoms with van der Waals surface area (Å²) in [5.74, 6) is 0.499. The van der Waals surface area contributed by atoms with Gasteiger partial charge in [0.05, 0.1) is 6.54 Å². The summed E-state index contributed by atoms with van der Waals surface area (Å²) < 4.78 is 19.2. The molecule has 25 heavy (non-hydrogen) atoms. The van der Waals surface area contributed by atoms with Gasteiger partial charge in [-0.2, -0.15) is 0 Å². The number of rotatable bonds is 4. The molecule has 132 valence electrons. The molecule has 1 saturated heterocycles. The number of aromatic nitrogens is 1. The fourth-order valence-corrected chi connectivity index (χ4v) is 2.79. The molecule has 0 radical (unpaired) electrons. The summed E-state index contributed by atoms with van der Waals surface area (Å²) in [5.41, 5.74) is 7.70. The van der Waals surface area contributed by atoms with Gasteiger partial charge >= 0.3 is 0 Å². The molecule has 1 aromatic heterocycles. The number of amides is 1. The number of nitrogens with two attached hydrogens (primary N) is 1. The number of ether oxygens (including phenoxy) is 1. The predicted molar refractivity (Wildman–Crippen MR) is 90.2 cm³/mol. The first-order valence-electron chi connectivity index (χ1n) is 8.03. The molecule has 6 nitrogen and oxygen atoms in total. The van der Waals surface area contributed by atoms with Crippen molar-refractivity contribution in [3.05, 3.63) is 53.2 Å². The first-order valence-corrected chi connectivity index (χ1v) is 8.03. The number of hydrogen-bond acceptors (Lipinski definition) is 5. The van der Waals surface area contributed by atoms with Crippen LogP contribution in [-0.4, -0.2) is 46.3 Å². The van der Waals surface area contributed by atoms with Crippen LogP contribution in [0, 0.1) is 6.92 Å². The van der Waals surface area contributed by atoms with Gasteiger partial charge < -0.3 is 20.5 Å². The van der Waals surface area contributed by atoms with Crippen LogP contribution in [0.3, 0.4) is 0 Å². The molecule has 1 aliphatic rings. The number of likely N-dealkylation sites (tertiary alicyclic amines) is 1. The largest absolute Gasteiger partial charge is 0.439 e. The zero-order chi connectivity index (χ0) is 18.0. The third-order valence-electron chi connectivity index (χ3n) is 4.04. The fourth-order valence-electron chi connectivity index (χ4n) is 2.79. The monoisotopic (exact) mass is 345 g/mol. The van der Waals surface area contributed by atoms with Crippen molar-refractivity contribution in [3.8, 4) is 11.6 Å². The highest BCUT2D eigenvalue weighted by molar-refractivity contribution is 5.94. The summed E-state index contributed by atoms with van der Waals surface area (Å²) in [6.07, 6.45) is -2.54. The lowest BCUT2D eigenvalue weighted by Crippen LogP contribution is -2.29. The minimum Gasteiger partial charge on any atom is -0.439 e. The van der Waals surface area contributed by atoms with E-state index in [-0.39, 0.29) is 19.0 Å². The van der Waals surface area contributed by atoms with E-state index in [1.807, 2.05) is 13.0 Å². The van der Waals surface area contributed by atoms with Crippen molar-refractivity contribution in [2.45, 2.75) is 25.7 Å². The number of carbonyl (C=O) groups excluding carboxylic acids is 1. The molecule has 2 aromatic rings. The molecule has 2 heterocycles. The maximum Gasteiger partial charge on any atom is 0.254 e. The Hall–Kier alpha value is -2.51. The number of aliphatic hydroxyl groups is 1. The van der Waals surface area contributed by atoms with Crippen molar-refractivity contribution in [3.63, 3.8) is 0 Å². The summed E-state index contributed by atoms with van der Waals surface area (Å²) in [6, 6.07) is 10.2. The number of aryl methyl sites for hydroxylation is 1. The molecule has 2 atom stereocenters. The van der Waals surface area contributed by atoms with Crippen LogP contribution in [0.2, 0.25) is 0 Å². The first-order chi connectivity index (χ1) is 12.0. The van der Waals surface area contributed by atoms with Crippen molar-refractivity contribution >= 4 is 5.91 Å². The second-order valence-corrected chi connectivity index (χ2v) is 6.08. The van der Waals surface area contributed by atoms with Crippen LogP contribution in [0.1, 0.15) is 21.6 Å². The standard InChI is InChI=1S/C18H20FN3O3/c1-11-5-12(8-20)6-17(21-11)25-14-4-2-3-13(7-14)18(24)22-9-15(19)16(23)10-22/h2-7,15-16,23H,8-10,20H2,1H3/t15-,16-/m1/s1. The smallest absolute Gasteiger partial charge is 0.254 e. The third kappa shape index (κ3) is 3.94. The maximum atomic E-state index is 13.4. The number of β-amino-alcohol motifs (C(OH)–C–C–N with tert-alkyl or cyclic N) is 1. The minimum atomic E-state index is -1.41. The van der Waals surface area contributed by atoms with Gasteiger partial charge in [-0.3, -0.25) is 4.79 Å². The molecule has 0 bridgehead atoms. The Balaban J connectivity index is 1.78. The van der Waals surface area contributed by atoms with E-state index in [9.17, 15) is 14.3 Å². The van der Waals surface area contributed by atoms with Gasteiger partial charge in [-0.25, -0.2) is 9.37 Å². The van der Waals surface area contributed by atoms with Gasteiger partial charge in [0.2, 0.25) is 5.88 Å². The Morgan fingerprint density at radius 2 is 2.20 bits per heavy atom. The van der Waals surface area contributed by atoms with Crippen LogP contribution >= 0.6 is 0 Å². The highest BCUT2D eigenvalue weighted by Gasteiger charge is 2.34. The molecule has 0 spiro atoms. The van der Waals surface area contributed by atoms with Crippen molar-refractivity contribution in [1.82, 2.24) is 9.88 Å². The number of nitrogens with zero attached hydrogens (tertiary/aromatic N) is 2. The molecule has 3 N–H and O–H groups in total. The van der Waals surface area contributed by atoms with Crippen molar-refractivity contribution < 1.29 is 19.0 Å². The highest BCUT2D eigenvalue weighted by Crippen LogP contribution is 2.24. The molecular weight excluding hydrogens is 325 g/mol. The Morgan fingerprint density at radius 1 is 1.40 bits per heavy atom. The second kappa shape index (κ2) is 7.16. The number of aliphatic hydroxyl groups excluding tert-OH is 1. The molecule has 0 aliphatic carbocycles. The second-order valence-electron chi connectivity index (χ2n) is 6.08. The van der Waals surface area contributed by atoms with Crippen LogP contribution in [-0.2, 0) is 6.54 Å². The highest BCUT2D eigenvalue weighted by atomic mass is 19.1. The van der Waals surface area contributed by atoms with Crippen LogP contribution in [0.5, 0.6) is 11.6 Å². The van der Waals surface area contributed by atoms with E-state index in [2.05, 4.69) is 4.98 Å². The lowest BCUT2D eigenvalue weighted by atomic mass is 10.2. The van der Waals surface area contributed by atoms with Gasteiger partial charge in [0.25, 0.3) is 5.91 Å². The van der Waals surface area contributed by atoms with Crippen LogP contribution in [0.25, 0.3) is 0 Å². The number of alkyl halides is 1. The minimum absolute atomic E-state index is 0.00954. The molecule has 1 aliphatic heterocycles. The summed E-state index contributed by atoms with van der Waals surface area (Å²) in [7, 11) is 0. The van der Waals surface area contributed by atoms with Gasteiger partial charge in [0.15, 0.2) is 0 Å². The topological polar surface area (TPSA) is 88.7 Å². The molecular formula is C18H20FN3O3. The molecule has 0 unspecified atom stereocenters. The lowest BCUT2D eigenvalue weighted by molar-refractivity contribution is 0.0764. The van der Waals surface area contributed by atoms with Crippen LogP contribution < -0.4 is 10.5 Å². The molecule has 1 amide bonds. The maximum absolute atomic E-state index is 13.4. The van der Waals surface area contributed by atoms with E-state index < -0.39 is 12.3 Å². The number of hydrogen-bond donors (Lipinski definition) is 2. The summed E-state index contributed by atoms with van der Waals surface area (Å²) in [4.78, 5) is 18.0. The number of pyridine rings is 1. The van der Waals surface area contributed by atoms with E-state index in [0.29, 0.717) is 23.7 Å². The SMILES string of the molecule is Cc1cc(CN)cc(Oc2cccc(C(=O)N3C[C@@H](O)[C@H](F)C3)c2)n1. The molecule has 1 fully saturated rings. The summed E-state index contributed by atoms with van der Waals surface area (Å²) in [5, 5.41) is 9.48. The molecule has 7 heteroatoms. The Kier molecular flexibility index (Phi) is 4.96. The van der Waals surface area contributed by atoms with Crippen molar-refractivity contribution in [1.29, 1.82) is 0 Å². The average molecular weight is 345 g/mol. The lowest BCUT2D eigenvalue weighted by Gasteiger charge is -2.15. The van der Waals surface area contributed by atoms with Crippen molar-refractivity contribution in [2.24, 2.45) is 5.73 Å². The van der Waals surface area contributed by atoms with Crippen LogP contribution in [0.4, 0.5) is 4.39 Å². The van der Waals surface area contributed by atoms with E-state index in [1.54, 1.807) is 30.3 Å². The van der Waals surface area contributed by atoms with Gasteiger partial charge in [0, 0.05) is 30.4 Å². The van der Waals surface area contributed by atoms with Gasteiger partial charge in [0.1, 0.15) is 18.0 Å². The number of benzene rings is 1. The van der Waals surface area contributed by atoms with Gasteiger partial charge in [-0.15, -0.1) is 0 Å². The Morgan fingerprint density at radius 3 is 2.88 bits per heavy atom. The van der Waals surface area contributed by atoms with Crippen LogP contribution in [0.15, 0.2) is 36.4 Å². The average Bonchev–Trinajstić information content (AvgIpc) is 2.93. The van der Waals surface area contributed by atoms with E-state index in [1.165, 1.54) is 4.90 Å². The fraction of sp³-hybridized carbons (Fsp3) is 0.333. The number of halogens is 1. The zero-order valence-electron chi connectivity index (χ0n) is 13.9. The summed E-state index contributed by atoms with van der Waals surface area (Å²) in [6.45, 7) is 2.10. The third-order valence-corrected chi connectivity index (χ3v) is 4.04. The van der Waals surface area contributed by atoms with Gasteiger partial charge in [-0.05, 0) is 36.8 Å². The normalized spacial score (nSPS) is 19.9. The Bertz CT molecular complexity index is 774. The van der Waals surface area contributed by atoms with E-state index >= 15 is 0 Å². The predicted octanol–water partition coefficient (Wildman–Crippen LogP) is 1.80. The van der Waals surface area contributed by atoms with Gasteiger partial charge in [-0.1, -0.05) is 6.07 Å². The molecule has 1 aromatic carbocycles. The van der Waals surface area contributed by atoms with E-state index in [4.69, 9.17) is 10.5 Å².